The fraction of sp³-hybridized carbons (Fsp3) is 0.346. The van der Waals surface area contributed by atoms with Crippen molar-refractivity contribution in [2.24, 2.45) is 5.92 Å². The quantitative estimate of drug-likeness (QED) is 0.0188. The van der Waals surface area contributed by atoms with Crippen LogP contribution in [-0.2, 0) is 47.6 Å². The average Bonchev–Trinajstić information content (AvgIpc) is 3.85. The van der Waals surface area contributed by atoms with Gasteiger partial charge in [0.2, 0.25) is 23.3 Å². The molecule has 1 atom stereocenters. The second kappa shape index (κ2) is 24.5. The maximum Gasteiger partial charge on any atom is 0.313 e. The van der Waals surface area contributed by atoms with Gasteiger partial charge < -0.3 is 38.5 Å². The Morgan fingerprint density at radius 2 is 0.912 bits per heavy atom. The summed E-state index contributed by atoms with van der Waals surface area (Å²) >= 11 is 0. The molecule has 7 rings (SSSR count). The molecule has 0 aliphatic heterocycles. The third-order valence-corrected chi connectivity index (χ3v) is 11.6. The molecule has 12 nitrogen and oxygen atoms in total. The van der Waals surface area contributed by atoms with Gasteiger partial charge in [-0.3, -0.25) is 19.2 Å². The summed E-state index contributed by atoms with van der Waals surface area (Å²) in [5.41, 5.74) is 8.72. The number of nitrogens with one attached hydrogen (secondary N) is 1. The fourth-order valence-electron chi connectivity index (χ4n) is 8.30. The van der Waals surface area contributed by atoms with Gasteiger partial charge in [0.25, 0.3) is 0 Å². The number of carbonyl (C=O) groups is 4. The van der Waals surface area contributed by atoms with Gasteiger partial charge in [-0.2, -0.15) is 8.78 Å². The predicted octanol–water partition coefficient (Wildman–Crippen LogP) is 8.22. The van der Waals surface area contributed by atoms with E-state index in [0.717, 1.165) is 44.5 Å². The summed E-state index contributed by atoms with van der Waals surface area (Å²) in [5.74, 6) is -12.2. The van der Waals surface area contributed by atoms with Gasteiger partial charge in [-0.25, -0.2) is 8.78 Å². The van der Waals surface area contributed by atoms with Crippen LogP contribution in [0.1, 0.15) is 59.8 Å². The molecule has 0 unspecified atom stereocenters. The van der Waals surface area contributed by atoms with Crippen molar-refractivity contribution in [3.63, 3.8) is 0 Å². The van der Waals surface area contributed by atoms with E-state index in [-0.39, 0.29) is 110 Å². The van der Waals surface area contributed by atoms with Crippen LogP contribution in [0.2, 0.25) is 0 Å². The average molecular weight is 942 g/mol. The van der Waals surface area contributed by atoms with Crippen LogP contribution < -0.4 is 10.1 Å². The molecule has 1 N–H and O–H groups in total. The monoisotopic (exact) mass is 941 g/mol. The molecule has 68 heavy (non-hydrogen) atoms. The Morgan fingerprint density at radius 1 is 0.500 bits per heavy atom. The maximum atomic E-state index is 13.7. The predicted molar refractivity (Wildman–Crippen MR) is 240 cm³/mol. The molecule has 0 heterocycles. The summed E-state index contributed by atoms with van der Waals surface area (Å²) in [4.78, 5) is 52.0. The molecule has 0 bridgehead atoms. The zero-order valence-electron chi connectivity index (χ0n) is 37.2. The number of rotatable bonds is 26. The Bertz CT molecular complexity index is 2440. The Balaban J connectivity index is 0.795. The second-order valence-electron chi connectivity index (χ2n) is 16.0. The van der Waals surface area contributed by atoms with Crippen LogP contribution in [0.5, 0.6) is 5.75 Å². The summed E-state index contributed by atoms with van der Waals surface area (Å²) in [6, 6.07) is 32.1. The van der Waals surface area contributed by atoms with E-state index >= 15 is 0 Å². The number of benzene rings is 5. The summed E-state index contributed by atoms with van der Waals surface area (Å²) in [6.45, 7) is 1.46. The standard InChI is InChI=1S/C52H51F4NO11/c53-44-30-45(54)50(56)51(49(44)55)68-47(59)19-21-62-23-25-64-27-28-65-26-24-63-22-20-57-52(61)33(29-48(60)67-32-43-40-15-7-3-11-36(40)37-12-4-8-16-41(37)43)17-18-46(58)66-31-42-38-13-5-1-9-34(38)35-10-2-6-14-39(35)42/h1-16,30,33,42-43H,17-29,31-32H2,(H,57,61)/t33-/m1/s1. The van der Waals surface area contributed by atoms with Gasteiger partial charge in [0.15, 0.2) is 11.6 Å². The van der Waals surface area contributed by atoms with Gasteiger partial charge >= 0.3 is 17.9 Å². The Kier molecular flexibility index (Phi) is 17.8. The molecule has 0 aromatic heterocycles. The topological polar surface area (TPSA) is 145 Å². The zero-order valence-corrected chi connectivity index (χ0v) is 37.2. The third-order valence-electron chi connectivity index (χ3n) is 11.6. The molecule has 1 amide bonds. The largest absolute Gasteiger partial charge is 0.465 e. The highest BCUT2D eigenvalue weighted by Crippen LogP contribution is 2.46. The highest BCUT2D eigenvalue weighted by Gasteiger charge is 2.32. The molecule has 5 aromatic rings. The van der Waals surface area contributed by atoms with Gasteiger partial charge in [0.1, 0.15) is 13.2 Å². The van der Waals surface area contributed by atoms with E-state index in [0.29, 0.717) is 0 Å². The van der Waals surface area contributed by atoms with E-state index in [2.05, 4.69) is 22.2 Å². The molecule has 0 saturated heterocycles. The van der Waals surface area contributed by atoms with E-state index < -0.39 is 65.2 Å². The van der Waals surface area contributed by atoms with Crippen molar-refractivity contribution >= 4 is 23.8 Å². The van der Waals surface area contributed by atoms with Crippen LogP contribution in [-0.4, -0.2) is 96.4 Å². The first-order chi connectivity index (χ1) is 33.1. The fourth-order valence-corrected chi connectivity index (χ4v) is 8.30. The number of hydrogen-bond acceptors (Lipinski definition) is 11. The Labute approximate surface area is 390 Å². The lowest BCUT2D eigenvalue weighted by Crippen LogP contribution is -2.35. The normalized spacial score (nSPS) is 13.0. The van der Waals surface area contributed by atoms with E-state index in [1.165, 1.54) is 0 Å². The smallest absolute Gasteiger partial charge is 0.313 e. The summed E-state index contributed by atoms with van der Waals surface area (Å²) in [7, 11) is 0. The zero-order chi connectivity index (χ0) is 47.8. The number of esters is 3. The van der Waals surface area contributed by atoms with Crippen molar-refractivity contribution < 1.29 is 69.9 Å². The highest BCUT2D eigenvalue weighted by atomic mass is 19.2. The minimum absolute atomic E-state index is 0.00653. The summed E-state index contributed by atoms with van der Waals surface area (Å²) < 4.78 is 91.7. The van der Waals surface area contributed by atoms with E-state index in [1.54, 1.807) is 0 Å². The number of amides is 1. The number of ether oxygens (including phenoxy) is 7. The van der Waals surface area contributed by atoms with Crippen molar-refractivity contribution in [2.45, 2.75) is 37.5 Å². The molecule has 2 aliphatic rings. The second-order valence-corrected chi connectivity index (χ2v) is 16.0. The lowest BCUT2D eigenvalue weighted by molar-refractivity contribution is -0.149. The lowest BCUT2D eigenvalue weighted by atomic mass is 9.97. The van der Waals surface area contributed by atoms with Crippen LogP contribution in [0.25, 0.3) is 22.3 Å². The van der Waals surface area contributed by atoms with Crippen molar-refractivity contribution in [1.29, 1.82) is 0 Å². The number of fused-ring (bicyclic) bond motifs is 6. The van der Waals surface area contributed by atoms with Gasteiger partial charge in [-0.1, -0.05) is 97.1 Å². The molecule has 0 spiro atoms. The van der Waals surface area contributed by atoms with E-state index in [9.17, 15) is 36.7 Å². The SMILES string of the molecule is O=C(CC[C@H](CC(=O)OCC1c2ccccc2-c2ccccc21)C(=O)NCCOCCOCCOCCOCCC(=O)Oc1c(F)c(F)cc(F)c1F)OCC1c2ccccc2-c2ccccc21. The highest BCUT2D eigenvalue weighted by molar-refractivity contribution is 5.85. The minimum atomic E-state index is -1.82. The molecule has 0 radical (unpaired) electrons. The van der Waals surface area contributed by atoms with Gasteiger partial charge in [0.05, 0.1) is 65.7 Å². The lowest BCUT2D eigenvalue weighted by Gasteiger charge is -2.19. The number of carbonyl (C=O) groups excluding carboxylic acids is 4. The first-order valence-electron chi connectivity index (χ1n) is 22.4. The van der Waals surface area contributed by atoms with Crippen molar-refractivity contribution in [1.82, 2.24) is 5.32 Å². The number of hydrogen-bond donors (Lipinski definition) is 1. The summed E-state index contributed by atoms with van der Waals surface area (Å²) in [5, 5.41) is 2.82. The molecule has 2 aliphatic carbocycles. The molecule has 0 fully saturated rings. The van der Waals surface area contributed by atoms with Crippen LogP contribution in [0, 0.1) is 29.2 Å². The van der Waals surface area contributed by atoms with E-state index in [1.807, 2.05) is 84.9 Å². The first kappa shape index (κ1) is 49.4. The molecule has 0 saturated carbocycles. The maximum absolute atomic E-state index is 13.7. The van der Waals surface area contributed by atoms with Crippen LogP contribution >= 0.6 is 0 Å². The van der Waals surface area contributed by atoms with Crippen molar-refractivity contribution in [3.05, 3.63) is 149 Å². The van der Waals surface area contributed by atoms with Gasteiger partial charge in [0, 0.05) is 36.8 Å². The first-order valence-corrected chi connectivity index (χ1v) is 22.4. The molecular formula is C52H51F4NO11. The molecule has 358 valence electrons. The molecule has 5 aromatic carbocycles. The van der Waals surface area contributed by atoms with Crippen LogP contribution in [0.15, 0.2) is 103 Å². The Morgan fingerprint density at radius 3 is 1.38 bits per heavy atom. The molecular weight excluding hydrogens is 891 g/mol. The molecule has 16 heteroatoms. The van der Waals surface area contributed by atoms with E-state index in [4.69, 9.17) is 28.4 Å². The van der Waals surface area contributed by atoms with Crippen molar-refractivity contribution in [2.75, 3.05) is 72.6 Å². The van der Waals surface area contributed by atoms with Gasteiger partial charge in [-0.05, 0) is 50.9 Å². The summed E-state index contributed by atoms with van der Waals surface area (Å²) in [6.07, 6.45) is -0.685. The van der Waals surface area contributed by atoms with Gasteiger partial charge in [-0.15, -0.1) is 0 Å². The third kappa shape index (κ3) is 12.7. The number of halogens is 4. The van der Waals surface area contributed by atoms with Crippen LogP contribution in [0.4, 0.5) is 17.6 Å². The van der Waals surface area contributed by atoms with Crippen LogP contribution in [0.3, 0.4) is 0 Å². The minimum Gasteiger partial charge on any atom is -0.465 e. The van der Waals surface area contributed by atoms with Crippen molar-refractivity contribution in [3.8, 4) is 28.0 Å². The Hall–Kier alpha value is -6.46.